The number of ether oxygens (including phenoxy) is 1. The lowest BCUT2D eigenvalue weighted by Gasteiger charge is -2.39. The predicted molar refractivity (Wildman–Crippen MR) is 99.8 cm³/mol. The highest BCUT2D eigenvalue weighted by atomic mass is 32.1. The van der Waals surface area contributed by atoms with Gasteiger partial charge in [0.15, 0.2) is 5.13 Å². The Morgan fingerprint density at radius 3 is 2.85 bits per heavy atom. The summed E-state index contributed by atoms with van der Waals surface area (Å²) in [4.78, 5) is 30.3. The number of amides is 3. The van der Waals surface area contributed by atoms with Crippen LogP contribution in [0.3, 0.4) is 0 Å². The highest BCUT2D eigenvalue weighted by Gasteiger charge is 2.42. The van der Waals surface area contributed by atoms with Gasteiger partial charge in [0.2, 0.25) is 5.91 Å². The van der Waals surface area contributed by atoms with E-state index in [2.05, 4.69) is 15.6 Å². The molecule has 1 fully saturated rings. The molecule has 0 bridgehead atoms. The summed E-state index contributed by atoms with van der Waals surface area (Å²) in [5, 5.41) is 7.52. The van der Waals surface area contributed by atoms with Crippen molar-refractivity contribution in [2.75, 3.05) is 25.6 Å². The molecule has 2 heterocycles. The first kappa shape index (κ1) is 19.2. The molecule has 0 radical (unpaired) electrons. The topological polar surface area (TPSA) is 83.6 Å². The maximum atomic E-state index is 13.1. The third-order valence-electron chi connectivity index (χ3n) is 4.22. The molecule has 0 atom stereocenters. The number of thiazole rings is 1. The van der Waals surface area contributed by atoms with Crippen LogP contribution in [0.15, 0.2) is 29.6 Å². The summed E-state index contributed by atoms with van der Waals surface area (Å²) in [5.41, 5.74) is 0.904. The number of carbonyl (C=O) groups excluding carboxylic acids is 2. The van der Waals surface area contributed by atoms with Gasteiger partial charge in [-0.15, -0.1) is 11.3 Å². The molecule has 3 amide bonds. The van der Waals surface area contributed by atoms with E-state index in [4.69, 9.17) is 4.74 Å². The Kier molecular flexibility index (Phi) is 5.71. The van der Waals surface area contributed by atoms with Crippen molar-refractivity contribution in [3.63, 3.8) is 0 Å². The van der Waals surface area contributed by atoms with E-state index in [-0.39, 0.29) is 18.3 Å². The first-order valence-corrected chi connectivity index (χ1v) is 9.31. The van der Waals surface area contributed by atoms with Crippen molar-refractivity contribution >= 4 is 28.4 Å². The number of nitrogens with one attached hydrogen (secondary N) is 2. The Hall–Kier alpha value is -2.52. The standard InChI is InChI=1S/C18H21FN4O3S/c1-18(10-26-11-18)15(24)23(2)8-14-9-27-17(21-14)22-16(25)20-7-12-4-3-5-13(19)6-12/h3-6,9H,7-8,10-11H2,1-2H3,(H2,20,21,22,25). The summed E-state index contributed by atoms with van der Waals surface area (Å²) in [6.07, 6.45) is 0. The van der Waals surface area contributed by atoms with Gasteiger partial charge >= 0.3 is 6.03 Å². The molecule has 7 nitrogen and oxygen atoms in total. The monoisotopic (exact) mass is 392 g/mol. The zero-order valence-corrected chi connectivity index (χ0v) is 15.9. The van der Waals surface area contributed by atoms with Gasteiger partial charge in [-0.25, -0.2) is 14.2 Å². The maximum Gasteiger partial charge on any atom is 0.321 e. The molecule has 0 aliphatic carbocycles. The summed E-state index contributed by atoms with van der Waals surface area (Å²) in [7, 11) is 1.73. The highest BCUT2D eigenvalue weighted by molar-refractivity contribution is 7.13. The number of halogens is 1. The van der Waals surface area contributed by atoms with Crippen LogP contribution in [-0.4, -0.2) is 42.1 Å². The second-order valence-corrected chi connectivity index (χ2v) is 7.65. The van der Waals surface area contributed by atoms with Gasteiger partial charge in [-0.1, -0.05) is 12.1 Å². The number of urea groups is 1. The molecular formula is C18H21FN4O3S. The van der Waals surface area contributed by atoms with Crippen molar-refractivity contribution in [1.82, 2.24) is 15.2 Å². The number of hydrogen-bond donors (Lipinski definition) is 2. The summed E-state index contributed by atoms with van der Waals surface area (Å²) in [6, 6.07) is 5.60. The van der Waals surface area contributed by atoms with E-state index in [0.29, 0.717) is 36.1 Å². The number of carbonyl (C=O) groups is 2. The summed E-state index contributed by atoms with van der Waals surface area (Å²) >= 11 is 1.28. The minimum atomic E-state index is -0.456. The number of benzene rings is 1. The fourth-order valence-corrected chi connectivity index (χ4v) is 3.41. The van der Waals surface area contributed by atoms with E-state index in [9.17, 15) is 14.0 Å². The Morgan fingerprint density at radius 2 is 2.19 bits per heavy atom. The maximum absolute atomic E-state index is 13.1. The zero-order valence-electron chi connectivity index (χ0n) is 15.1. The quantitative estimate of drug-likeness (QED) is 0.792. The Labute approximate surface area is 160 Å². The molecule has 1 aromatic heterocycles. The number of hydrogen-bond acceptors (Lipinski definition) is 5. The van der Waals surface area contributed by atoms with Crippen molar-refractivity contribution in [1.29, 1.82) is 0 Å². The minimum Gasteiger partial charge on any atom is -0.379 e. The molecule has 144 valence electrons. The summed E-state index contributed by atoms with van der Waals surface area (Å²) in [6.45, 7) is 3.32. The average molecular weight is 392 g/mol. The van der Waals surface area contributed by atoms with E-state index in [1.54, 1.807) is 29.5 Å². The van der Waals surface area contributed by atoms with Gasteiger partial charge in [-0.2, -0.15) is 0 Å². The predicted octanol–water partition coefficient (Wildman–Crippen LogP) is 2.60. The van der Waals surface area contributed by atoms with E-state index in [1.807, 2.05) is 6.92 Å². The lowest BCUT2D eigenvalue weighted by molar-refractivity contribution is -0.168. The van der Waals surface area contributed by atoms with E-state index in [1.165, 1.54) is 23.5 Å². The van der Waals surface area contributed by atoms with E-state index in [0.717, 1.165) is 0 Å². The molecule has 0 unspecified atom stereocenters. The van der Waals surface area contributed by atoms with Crippen LogP contribution < -0.4 is 10.6 Å². The number of anilines is 1. The second kappa shape index (κ2) is 8.01. The zero-order chi connectivity index (χ0) is 19.4. The first-order valence-electron chi connectivity index (χ1n) is 8.43. The van der Waals surface area contributed by atoms with E-state index >= 15 is 0 Å². The van der Waals surface area contributed by atoms with Crippen LogP contribution in [0.1, 0.15) is 18.2 Å². The summed E-state index contributed by atoms with van der Waals surface area (Å²) in [5.74, 6) is -0.329. The van der Waals surface area contributed by atoms with Crippen LogP contribution >= 0.6 is 11.3 Å². The number of rotatable bonds is 6. The number of nitrogens with zero attached hydrogens (tertiary/aromatic N) is 2. The molecule has 1 saturated heterocycles. The van der Waals surface area contributed by atoms with Crippen LogP contribution in [0.5, 0.6) is 0 Å². The van der Waals surface area contributed by atoms with Crippen molar-refractivity contribution in [3.05, 3.63) is 46.7 Å². The van der Waals surface area contributed by atoms with Gasteiger partial charge in [0.1, 0.15) is 5.82 Å². The van der Waals surface area contributed by atoms with Crippen LogP contribution in [0.25, 0.3) is 0 Å². The molecule has 1 aliphatic heterocycles. The van der Waals surface area contributed by atoms with Crippen LogP contribution in [0, 0.1) is 11.2 Å². The molecule has 3 rings (SSSR count). The van der Waals surface area contributed by atoms with E-state index < -0.39 is 11.4 Å². The van der Waals surface area contributed by atoms with Crippen molar-refractivity contribution < 1.29 is 18.7 Å². The van der Waals surface area contributed by atoms with Crippen molar-refractivity contribution in [2.24, 2.45) is 5.41 Å². The third-order valence-corrected chi connectivity index (χ3v) is 5.02. The SMILES string of the molecule is CN(Cc1csc(NC(=O)NCc2cccc(F)c2)n1)C(=O)C1(C)COC1. The molecule has 1 aromatic carbocycles. The van der Waals surface area contributed by atoms with Crippen LogP contribution in [-0.2, 0) is 22.6 Å². The highest BCUT2D eigenvalue weighted by Crippen LogP contribution is 2.29. The lowest BCUT2D eigenvalue weighted by atomic mass is 9.87. The fourth-order valence-electron chi connectivity index (χ4n) is 2.71. The smallest absolute Gasteiger partial charge is 0.321 e. The molecule has 2 N–H and O–H groups in total. The molecule has 27 heavy (non-hydrogen) atoms. The van der Waals surface area contributed by atoms with Gasteiger partial charge in [0, 0.05) is 19.0 Å². The molecule has 1 aliphatic rings. The molecule has 2 aromatic rings. The lowest BCUT2D eigenvalue weighted by Crippen LogP contribution is -2.52. The van der Waals surface area contributed by atoms with Crippen molar-refractivity contribution in [2.45, 2.75) is 20.0 Å². The van der Waals surface area contributed by atoms with Gasteiger partial charge in [0.25, 0.3) is 0 Å². The van der Waals surface area contributed by atoms with Gasteiger partial charge in [-0.3, -0.25) is 10.1 Å². The molecule has 9 heteroatoms. The van der Waals surface area contributed by atoms with Crippen LogP contribution in [0.2, 0.25) is 0 Å². The Bertz CT molecular complexity index is 838. The third kappa shape index (κ3) is 4.81. The van der Waals surface area contributed by atoms with Gasteiger partial charge < -0.3 is 15.0 Å². The largest absolute Gasteiger partial charge is 0.379 e. The minimum absolute atomic E-state index is 0.0177. The molecule has 0 spiro atoms. The number of aromatic nitrogens is 1. The van der Waals surface area contributed by atoms with Gasteiger partial charge in [-0.05, 0) is 24.6 Å². The normalized spacial score (nSPS) is 14.9. The van der Waals surface area contributed by atoms with Gasteiger partial charge in [0.05, 0.1) is 30.9 Å². The summed E-state index contributed by atoms with van der Waals surface area (Å²) < 4.78 is 18.3. The average Bonchev–Trinajstić information content (AvgIpc) is 3.04. The van der Waals surface area contributed by atoms with Crippen LogP contribution in [0.4, 0.5) is 14.3 Å². The second-order valence-electron chi connectivity index (χ2n) is 6.80. The fraction of sp³-hybridized carbons (Fsp3) is 0.389. The first-order chi connectivity index (χ1) is 12.9. The Morgan fingerprint density at radius 1 is 1.41 bits per heavy atom. The molecular weight excluding hydrogens is 371 g/mol. The molecule has 0 saturated carbocycles. The van der Waals surface area contributed by atoms with Crippen molar-refractivity contribution in [3.8, 4) is 0 Å². The Balaban J connectivity index is 1.48.